The zero-order valence-corrected chi connectivity index (χ0v) is 11.3. The zero-order chi connectivity index (χ0) is 13.8. The zero-order valence-electron chi connectivity index (χ0n) is 11.3. The fraction of sp³-hybridized carbons (Fsp3) is 0.200. The molecule has 2 heterocycles. The molecule has 2 aromatic heterocycles. The summed E-state index contributed by atoms with van der Waals surface area (Å²) in [5, 5.41) is 17.5. The van der Waals surface area contributed by atoms with E-state index < -0.39 is 0 Å². The third kappa shape index (κ3) is 2.62. The maximum Gasteiger partial charge on any atom is 0.0695 e. The largest absolute Gasteiger partial charge is 0.306 e. The molecule has 0 saturated carbocycles. The normalized spacial score (nSPS) is 12.4. The van der Waals surface area contributed by atoms with Gasteiger partial charge in [0.25, 0.3) is 0 Å². The van der Waals surface area contributed by atoms with Gasteiger partial charge in [0.1, 0.15) is 0 Å². The van der Waals surface area contributed by atoms with Crippen molar-refractivity contribution in [3.05, 3.63) is 60.0 Å². The highest BCUT2D eigenvalue weighted by atomic mass is 15.1. The first-order chi connectivity index (χ1) is 9.84. The van der Waals surface area contributed by atoms with Crippen LogP contribution in [-0.4, -0.2) is 20.4 Å². The predicted molar refractivity (Wildman–Crippen MR) is 77.9 cm³/mol. The predicted octanol–water partition coefficient (Wildman–Crippen LogP) is 2.65. The van der Waals surface area contributed by atoms with E-state index in [-0.39, 0.29) is 6.04 Å². The number of hydrogen-bond donors (Lipinski definition) is 3. The molecule has 0 saturated heterocycles. The Hall–Kier alpha value is -2.40. The highest BCUT2D eigenvalue weighted by Gasteiger charge is 2.10. The van der Waals surface area contributed by atoms with Crippen LogP contribution in [0.15, 0.2) is 48.9 Å². The second-order valence-corrected chi connectivity index (χ2v) is 4.77. The van der Waals surface area contributed by atoms with Crippen molar-refractivity contribution in [2.45, 2.75) is 19.5 Å². The molecule has 0 aliphatic carbocycles. The smallest absolute Gasteiger partial charge is 0.0695 e. The van der Waals surface area contributed by atoms with E-state index in [1.165, 1.54) is 0 Å². The Morgan fingerprint density at radius 2 is 2.00 bits per heavy atom. The van der Waals surface area contributed by atoms with Crippen LogP contribution in [0.1, 0.15) is 24.1 Å². The van der Waals surface area contributed by atoms with Crippen molar-refractivity contribution in [2.75, 3.05) is 0 Å². The molecule has 3 rings (SSSR count). The van der Waals surface area contributed by atoms with Gasteiger partial charge in [0, 0.05) is 29.9 Å². The van der Waals surface area contributed by atoms with E-state index in [9.17, 15) is 0 Å². The molecule has 102 valence electrons. The van der Waals surface area contributed by atoms with Crippen LogP contribution >= 0.6 is 0 Å². The first-order valence-corrected chi connectivity index (χ1v) is 6.64. The average Bonchev–Trinajstić information content (AvgIpc) is 3.17. The standard InChI is InChI=1S/C15H17N5/c1-11(13-8-17-18-9-13)16-7-14-10-19-20-15(14)12-5-3-2-4-6-12/h2-6,8-11,16H,7H2,1H3,(H,17,18)(H,19,20). The average molecular weight is 267 g/mol. The minimum absolute atomic E-state index is 0.243. The van der Waals surface area contributed by atoms with Crippen LogP contribution in [0.2, 0.25) is 0 Å². The number of hydrogen-bond acceptors (Lipinski definition) is 3. The molecule has 0 bridgehead atoms. The number of aromatic amines is 2. The molecule has 5 nitrogen and oxygen atoms in total. The molecule has 0 aliphatic heterocycles. The summed E-state index contributed by atoms with van der Waals surface area (Å²) in [6.07, 6.45) is 5.62. The Morgan fingerprint density at radius 1 is 1.15 bits per heavy atom. The van der Waals surface area contributed by atoms with Crippen LogP contribution in [0.4, 0.5) is 0 Å². The van der Waals surface area contributed by atoms with Crippen molar-refractivity contribution in [3.63, 3.8) is 0 Å². The first-order valence-electron chi connectivity index (χ1n) is 6.64. The fourth-order valence-corrected chi connectivity index (χ4v) is 2.18. The Bertz CT molecular complexity index is 642. The van der Waals surface area contributed by atoms with Gasteiger partial charge in [-0.1, -0.05) is 30.3 Å². The summed E-state index contributed by atoms with van der Waals surface area (Å²) in [6.45, 7) is 2.88. The van der Waals surface area contributed by atoms with Gasteiger partial charge < -0.3 is 5.32 Å². The summed E-state index contributed by atoms with van der Waals surface area (Å²) in [5.74, 6) is 0. The maximum atomic E-state index is 4.16. The summed E-state index contributed by atoms with van der Waals surface area (Å²) in [7, 11) is 0. The molecule has 0 amide bonds. The van der Waals surface area contributed by atoms with Gasteiger partial charge in [-0.2, -0.15) is 10.2 Å². The van der Waals surface area contributed by atoms with Crippen molar-refractivity contribution in [2.24, 2.45) is 0 Å². The SMILES string of the molecule is CC(NCc1cn[nH]c1-c1ccccc1)c1cn[nH]c1. The summed E-state index contributed by atoms with van der Waals surface area (Å²) in [5.41, 5.74) is 4.52. The van der Waals surface area contributed by atoms with E-state index in [2.05, 4.69) is 44.8 Å². The first kappa shape index (κ1) is 12.6. The summed E-state index contributed by atoms with van der Waals surface area (Å²) in [6, 6.07) is 10.5. The molecule has 1 aromatic carbocycles. The van der Waals surface area contributed by atoms with Gasteiger partial charge in [-0.3, -0.25) is 10.2 Å². The van der Waals surface area contributed by atoms with E-state index in [1.807, 2.05) is 36.8 Å². The lowest BCUT2D eigenvalue weighted by Gasteiger charge is -2.12. The van der Waals surface area contributed by atoms with Gasteiger partial charge in [0.2, 0.25) is 0 Å². The third-order valence-electron chi connectivity index (χ3n) is 3.40. The van der Waals surface area contributed by atoms with Crippen molar-refractivity contribution in [3.8, 4) is 11.3 Å². The molecule has 0 spiro atoms. The highest BCUT2D eigenvalue weighted by Crippen LogP contribution is 2.21. The number of aromatic nitrogens is 4. The monoisotopic (exact) mass is 267 g/mol. The quantitative estimate of drug-likeness (QED) is 0.665. The number of rotatable bonds is 5. The molecule has 0 radical (unpaired) electrons. The Kier molecular flexibility index (Phi) is 3.60. The van der Waals surface area contributed by atoms with E-state index in [0.717, 1.165) is 28.9 Å². The van der Waals surface area contributed by atoms with Gasteiger partial charge in [0.15, 0.2) is 0 Å². The maximum absolute atomic E-state index is 4.16. The molecule has 3 aromatic rings. The molecule has 1 atom stereocenters. The lowest BCUT2D eigenvalue weighted by Crippen LogP contribution is -2.17. The van der Waals surface area contributed by atoms with Crippen LogP contribution in [-0.2, 0) is 6.54 Å². The molecule has 20 heavy (non-hydrogen) atoms. The second-order valence-electron chi connectivity index (χ2n) is 4.77. The van der Waals surface area contributed by atoms with Crippen LogP contribution in [0.3, 0.4) is 0 Å². The van der Waals surface area contributed by atoms with Crippen molar-refractivity contribution >= 4 is 0 Å². The number of benzene rings is 1. The summed E-state index contributed by atoms with van der Waals surface area (Å²) in [4.78, 5) is 0. The van der Waals surface area contributed by atoms with E-state index in [0.29, 0.717) is 0 Å². The van der Waals surface area contributed by atoms with Crippen LogP contribution in [0.25, 0.3) is 11.3 Å². The van der Waals surface area contributed by atoms with Crippen molar-refractivity contribution < 1.29 is 0 Å². The lowest BCUT2D eigenvalue weighted by molar-refractivity contribution is 0.575. The van der Waals surface area contributed by atoms with Gasteiger partial charge in [-0.05, 0) is 12.5 Å². The highest BCUT2D eigenvalue weighted by molar-refractivity contribution is 5.62. The van der Waals surface area contributed by atoms with Crippen LogP contribution in [0, 0.1) is 0 Å². The van der Waals surface area contributed by atoms with Gasteiger partial charge in [-0.25, -0.2) is 0 Å². The molecular weight excluding hydrogens is 250 g/mol. The van der Waals surface area contributed by atoms with E-state index in [4.69, 9.17) is 0 Å². The molecule has 0 aliphatic rings. The van der Waals surface area contributed by atoms with Gasteiger partial charge >= 0.3 is 0 Å². The summed E-state index contributed by atoms with van der Waals surface area (Å²) < 4.78 is 0. The number of nitrogens with one attached hydrogen (secondary N) is 3. The van der Waals surface area contributed by atoms with Gasteiger partial charge in [0.05, 0.1) is 18.1 Å². The Morgan fingerprint density at radius 3 is 2.75 bits per heavy atom. The van der Waals surface area contributed by atoms with E-state index >= 15 is 0 Å². The van der Waals surface area contributed by atoms with E-state index in [1.54, 1.807) is 0 Å². The fourth-order valence-electron chi connectivity index (χ4n) is 2.18. The van der Waals surface area contributed by atoms with Crippen LogP contribution < -0.4 is 5.32 Å². The minimum Gasteiger partial charge on any atom is -0.306 e. The molecule has 0 fully saturated rings. The Labute approximate surface area is 117 Å². The molecular formula is C15H17N5. The number of nitrogens with zero attached hydrogens (tertiary/aromatic N) is 2. The van der Waals surface area contributed by atoms with Crippen molar-refractivity contribution in [1.29, 1.82) is 0 Å². The molecule has 1 unspecified atom stereocenters. The van der Waals surface area contributed by atoms with Crippen molar-refractivity contribution in [1.82, 2.24) is 25.7 Å². The number of H-pyrrole nitrogens is 2. The molecule has 3 N–H and O–H groups in total. The topological polar surface area (TPSA) is 69.4 Å². The summed E-state index contributed by atoms with van der Waals surface area (Å²) >= 11 is 0. The second kappa shape index (κ2) is 5.71. The lowest BCUT2D eigenvalue weighted by atomic mass is 10.1. The minimum atomic E-state index is 0.243. The Balaban J connectivity index is 1.72. The van der Waals surface area contributed by atoms with Crippen LogP contribution in [0.5, 0.6) is 0 Å². The molecule has 5 heteroatoms. The van der Waals surface area contributed by atoms with Gasteiger partial charge in [-0.15, -0.1) is 0 Å². The third-order valence-corrected chi connectivity index (χ3v) is 3.40.